The molecule has 0 spiro atoms. The third-order valence-electron chi connectivity index (χ3n) is 4.35. The highest BCUT2D eigenvalue weighted by atomic mass is 16.5. The van der Waals surface area contributed by atoms with Crippen LogP contribution in [0.2, 0.25) is 0 Å². The summed E-state index contributed by atoms with van der Waals surface area (Å²) in [6.07, 6.45) is 3.59. The molecule has 1 aliphatic rings. The van der Waals surface area contributed by atoms with Gasteiger partial charge in [-0.3, -0.25) is 9.59 Å². The third-order valence-corrected chi connectivity index (χ3v) is 4.35. The Morgan fingerprint density at radius 1 is 1.32 bits per heavy atom. The van der Waals surface area contributed by atoms with Gasteiger partial charge < -0.3 is 14.2 Å². The maximum atomic E-state index is 12.7. The Labute approximate surface area is 132 Å². The lowest BCUT2D eigenvalue weighted by molar-refractivity contribution is -0.144. The molecule has 0 saturated carbocycles. The fourth-order valence-electron chi connectivity index (χ4n) is 3.23. The summed E-state index contributed by atoms with van der Waals surface area (Å²) in [5, 5.41) is 0. The maximum Gasteiger partial charge on any atom is 0.306 e. The number of hydrogen-bond acceptors (Lipinski definition) is 3. The van der Waals surface area contributed by atoms with Crippen LogP contribution in [0.25, 0.3) is 0 Å². The standard InChI is InChI=1S/C17H26N2O3/c1-5-13-14-7-6-8-18(14)9-10-19(13)15(20)11-17(2,3)12-16(21)22-4/h6-8,13H,5,9-12H2,1-4H3/t13-/m1/s1. The van der Waals surface area contributed by atoms with E-state index in [4.69, 9.17) is 4.74 Å². The first-order valence-electron chi connectivity index (χ1n) is 7.89. The molecule has 0 unspecified atom stereocenters. The van der Waals surface area contributed by atoms with Crippen LogP contribution >= 0.6 is 0 Å². The highest BCUT2D eigenvalue weighted by molar-refractivity contribution is 5.79. The lowest BCUT2D eigenvalue weighted by Crippen LogP contribution is -2.43. The zero-order valence-electron chi connectivity index (χ0n) is 14.0. The zero-order valence-corrected chi connectivity index (χ0v) is 14.0. The van der Waals surface area contributed by atoms with Crippen molar-refractivity contribution in [2.24, 2.45) is 5.41 Å². The predicted octanol–water partition coefficient (Wildman–Crippen LogP) is 2.76. The molecule has 2 rings (SSSR count). The number of methoxy groups -OCH3 is 1. The van der Waals surface area contributed by atoms with Crippen molar-refractivity contribution >= 4 is 11.9 Å². The van der Waals surface area contributed by atoms with E-state index in [0.29, 0.717) is 6.42 Å². The minimum atomic E-state index is -0.387. The van der Waals surface area contributed by atoms with Crippen molar-refractivity contribution in [2.75, 3.05) is 13.7 Å². The Kier molecular flexibility index (Phi) is 4.94. The summed E-state index contributed by atoms with van der Waals surface area (Å²) in [6.45, 7) is 7.55. The summed E-state index contributed by atoms with van der Waals surface area (Å²) in [7, 11) is 1.38. The Morgan fingerprint density at radius 2 is 2.05 bits per heavy atom. The highest BCUT2D eigenvalue weighted by Crippen LogP contribution is 2.33. The SMILES string of the molecule is CC[C@@H]1c2cccn2CCN1C(=O)CC(C)(C)CC(=O)OC. The Bertz CT molecular complexity index is 548. The smallest absolute Gasteiger partial charge is 0.306 e. The number of esters is 1. The fourth-order valence-corrected chi connectivity index (χ4v) is 3.23. The first-order chi connectivity index (χ1) is 10.4. The normalized spacial score (nSPS) is 18.0. The van der Waals surface area contributed by atoms with Crippen molar-refractivity contribution in [3.05, 3.63) is 24.0 Å². The van der Waals surface area contributed by atoms with Crippen LogP contribution in [0.15, 0.2) is 18.3 Å². The quantitative estimate of drug-likeness (QED) is 0.786. The van der Waals surface area contributed by atoms with Crippen molar-refractivity contribution in [1.82, 2.24) is 9.47 Å². The van der Waals surface area contributed by atoms with Gasteiger partial charge in [0.2, 0.25) is 5.91 Å². The molecule has 0 aromatic carbocycles. The summed E-state index contributed by atoms with van der Waals surface area (Å²) in [5.41, 5.74) is 0.815. The second kappa shape index (κ2) is 6.55. The number of ether oxygens (including phenoxy) is 1. The van der Waals surface area contributed by atoms with Crippen LogP contribution in [0.5, 0.6) is 0 Å². The third kappa shape index (κ3) is 3.51. The molecule has 0 aliphatic carbocycles. The van der Waals surface area contributed by atoms with Crippen molar-refractivity contribution in [1.29, 1.82) is 0 Å². The monoisotopic (exact) mass is 306 g/mol. The summed E-state index contributed by atoms with van der Waals surface area (Å²) in [5.74, 6) is -0.148. The van der Waals surface area contributed by atoms with Gasteiger partial charge in [0, 0.05) is 31.4 Å². The predicted molar refractivity (Wildman–Crippen MR) is 84.2 cm³/mol. The average Bonchev–Trinajstić information content (AvgIpc) is 2.93. The molecule has 2 heterocycles. The molecule has 0 radical (unpaired) electrons. The Balaban J connectivity index is 2.08. The molecule has 0 bridgehead atoms. The average molecular weight is 306 g/mol. The molecule has 22 heavy (non-hydrogen) atoms. The van der Waals surface area contributed by atoms with E-state index in [1.54, 1.807) is 0 Å². The van der Waals surface area contributed by atoms with Gasteiger partial charge in [0.05, 0.1) is 19.6 Å². The molecule has 0 N–H and O–H groups in total. The lowest BCUT2D eigenvalue weighted by atomic mass is 9.84. The van der Waals surface area contributed by atoms with Gasteiger partial charge in [-0.15, -0.1) is 0 Å². The van der Waals surface area contributed by atoms with E-state index >= 15 is 0 Å². The summed E-state index contributed by atoms with van der Waals surface area (Å²) in [6, 6.07) is 4.26. The van der Waals surface area contributed by atoms with Crippen LogP contribution in [-0.2, 0) is 20.9 Å². The first kappa shape index (κ1) is 16.6. The number of hydrogen-bond donors (Lipinski definition) is 0. The van der Waals surface area contributed by atoms with Crippen molar-refractivity contribution in [3.63, 3.8) is 0 Å². The van der Waals surface area contributed by atoms with Crippen LogP contribution in [0.1, 0.15) is 51.8 Å². The summed E-state index contributed by atoms with van der Waals surface area (Å²) < 4.78 is 6.94. The minimum absolute atomic E-state index is 0.119. The number of aromatic nitrogens is 1. The number of rotatable bonds is 5. The van der Waals surface area contributed by atoms with Crippen molar-refractivity contribution < 1.29 is 14.3 Å². The molecule has 0 saturated heterocycles. The topological polar surface area (TPSA) is 51.5 Å². The summed E-state index contributed by atoms with van der Waals surface area (Å²) >= 11 is 0. The molecular weight excluding hydrogens is 280 g/mol. The van der Waals surface area contributed by atoms with Crippen LogP contribution < -0.4 is 0 Å². The second-order valence-electron chi connectivity index (χ2n) is 6.73. The molecule has 1 aromatic heterocycles. The van der Waals surface area contributed by atoms with Gasteiger partial charge >= 0.3 is 5.97 Å². The van der Waals surface area contributed by atoms with Crippen molar-refractivity contribution in [3.8, 4) is 0 Å². The molecule has 5 heteroatoms. The van der Waals surface area contributed by atoms with E-state index < -0.39 is 0 Å². The molecular formula is C17H26N2O3. The Morgan fingerprint density at radius 3 is 2.68 bits per heavy atom. The molecule has 0 fully saturated rings. The second-order valence-corrected chi connectivity index (χ2v) is 6.73. The van der Waals surface area contributed by atoms with E-state index in [1.165, 1.54) is 12.8 Å². The highest BCUT2D eigenvalue weighted by Gasteiger charge is 2.33. The number of fused-ring (bicyclic) bond motifs is 1. The lowest BCUT2D eigenvalue weighted by Gasteiger charge is -2.38. The maximum absolute atomic E-state index is 12.7. The van der Waals surface area contributed by atoms with E-state index in [0.717, 1.165) is 19.5 Å². The molecule has 122 valence electrons. The number of nitrogens with zero attached hydrogens (tertiary/aromatic N) is 2. The molecule has 5 nitrogen and oxygen atoms in total. The molecule has 1 atom stereocenters. The molecule has 1 aromatic rings. The van der Waals surface area contributed by atoms with Gasteiger partial charge in [0.25, 0.3) is 0 Å². The van der Waals surface area contributed by atoms with Gasteiger partial charge in [-0.1, -0.05) is 20.8 Å². The number of carbonyl (C=O) groups is 2. The van der Waals surface area contributed by atoms with Crippen LogP contribution in [-0.4, -0.2) is 35.0 Å². The molecule has 1 amide bonds. The summed E-state index contributed by atoms with van der Waals surface area (Å²) in [4.78, 5) is 26.2. The first-order valence-corrected chi connectivity index (χ1v) is 7.89. The molecule has 1 aliphatic heterocycles. The van der Waals surface area contributed by atoms with E-state index in [9.17, 15) is 9.59 Å². The Hall–Kier alpha value is -1.78. The van der Waals surface area contributed by atoms with Gasteiger partial charge in [-0.25, -0.2) is 0 Å². The largest absolute Gasteiger partial charge is 0.469 e. The van der Waals surface area contributed by atoms with Crippen LogP contribution in [0, 0.1) is 5.41 Å². The minimum Gasteiger partial charge on any atom is -0.469 e. The van der Waals surface area contributed by atoms with Gasteiger partial charge in [0.15, 0.2) is 0 Å². The van der Waals surface area contributed by atoms with Crippen LogP contribution in [0.4, 0.5) is 0 Å². The van der Waals surface area contributed by atoms with Gasteiger partial charge in [-0.2, -0.15) is 0 Å². The van der Waals surface area contributed by atoms with Crippen molar-refractivity contribution in [2.45, 2.75) is 52.6 Å². The fraction of sp³-hybridized carbons (Fsp3) is 0.647. The number of carbonyl (C=O) groups excluding carboxylic acids is 2. The van der Waals surface area contributed by atoms with E-state index in [2.05, 4.69) is 23.8 Å². The van der Waals surface area contributed by atoms with E-state index in [-0.39, 0.29) is 29.8 Å². The van der Waals surface area contributed by atoms with E-state index in [1.807, 2.05) is 24.8 Å². The van der Waals surface area contributed by atoms with Crippen LogP contribution in [0.3, 0.4) is 0 Å². The van der Waals surface area contributed by atoms with Gasteiger partial charge in [0.1, 0.15) is 0 Å². The van der Waals surface area contributed by atoms with Gasteiger partial charge in [-0.05, 0) is 24.0 Å². The number of amides is 1. The zero-order chi connectivity index (χ0) is 16.3.